The molecule has 0 heterocycles. The molecule has 0 aromatic heterocycles. The molecule has 2 aromatic carbocycles. The molecule has 124 valence electrons. The molecule has 1 amide bonds. The van der Waals surface area contributed by atoms with E-state index in [1.165, 1.54) is 24.3 Å². The summed E-state index contributed by atoms with van der Waals surface area (Å²) in [5.41, 5.74) is 9.00. The number of alkyl halides is 4. The number of hydrogen-bond donors (Lipinski definition) is 2. The van der Waals surface area contributed by atoms with Crippen LogP contribution in [0.5, 0.6) is 0 Å². The number of hydrogen-bond acceptors (Lipinski definition) is 2. The highest BCUT2D eigenvalue weighted by molar-refractivity contribution is 5.82. The van der Waals surface area contributed by atoms with Crippen molar-refractivity contribution in [2.45, 2.75) is 11.8 Å². The highest BCUT2D eigenvalue weighted by atomic mass is 19.3. The molecule has 0 saturated heterocycles. The van der Waals surface area contributed by atoms with Crippen molar-refractivity contribution in [2.75, 3.05) is 6.54 Å². The van der Waals surface area contributed by atoms with Gasteiger partial charge < -0.3 is 11.5 Å². The zero-order chi connectivity index (χ0) is 17.5. The Hall–Kier alpha value is -2.41. The van der Waals surface area contributed by atoms with Gasteiger partial charge in [0, 0.05) is 11.1 Å². The Bertz CT molecular complexity index is 618. The van der Waals surface area contributed by atoms with Gasteiger partial charge in [-0.15, -0.1) is 0 Å². The van der Waals surface area contributed by atoms with Crippen molar-refractivity contribution < 1.29 is 22.4 Å². The van der Waals surface area contributed by atoms with E-state index < -0.39 is 24.3 Å². The SMILES string of the molecule is NC(=O)C(F)(F)c1ccccc1.NCC(F)(F)c1ccccc1. The van der Waals surface area contributed by atoms with Gasteiger partial charge in [-0.2, -0.15) is 17.6 Å². The van der Waals surface area contributed by atoms with Gasteiger partial charge in [0.2, 0.25) is 0 Å². The lowest BCUT2D eigenvalue weighted by Gasteiger charge is -2.12. The van der Waals surface area contributed by atoms with Gasteiger partial charge in [-0.3, -0.25) is 4.79 Å². The lowest BCUT2D eigenvalue weighted by atomic mass is 10.1. The lowest BCUT2D eigenvalue weighted by Crippen LogP contribution is -2.32. The maximum absolute atomic E-state index is 12.8. The molecule has 0 spiro atoms. The van der Waals surface area contributed by atoms with Gasteiger partial charge in [-0.25, -0.2) is 0 Å². The fourth-order valence-corrected chi connectivity index (χ4v) is 1.59. The summed E-state index contributed by atoms with van der Waals surface area (Å²) in [7, 11) is 0. The summed E-state index contributed by atoms with van der Waals surface area (Å²) in [6.07, 6.45) is 0. The molecule has 0 unspecified atom stereocenters. The van der Waals surface area contributed by atoms with Crippen LogP contribution in [0.3, 0.4) is 0 Å². The van der Waals surface area contributed by atoms with Crippen molar-refractivity contribution in [3.05, 3.63) is 71.8 Å². The van der Waals surface area contributed by atoms with Crippen LogP contribution in [-0.2, 0) is 16.6 Å². The van der Waals surface area contributed by atoms with Crippen LogP contribution in [0.1, 0.15) is 11.1 Å². The average molecular weight is 328 g/mol. The summed E-state index contributed by atoms with van der Waals surface area (Å²) in [5.74, 6) is -8.09. The maximum Gasteiger partial charge on any atom is 0.349 e. The Morgan fingerprint density at radius 3 is 1.57 bits per heavy atom. The Morgan fingerprint density at radius 2 is 1.22 bits per heavy atom. The summed E-state index contributed by atoms with van der Waals surface area (Å²) in [6, 6.07) is 14.3. The Morgan fingerprint density at radius 1 is 0.826 bits per heavy atom. The summed E-state index contributed by atoms with van der Waals surface area (Å²) >= 11 is 0. The quantitative estimate of drug-likeness (QED) is 0.847. The van der Waals surface area contributed by atoms with E-state index in [0.29, 0.717) is 0 Å². The Labute approximate surface area is 130 Å². The van der Waals surface area contributed by atoms with Crippen molar-refractivity contribution >= 4 is 5.91 Å². The topological polar surface area (TPSA) is 69.1 Å². The highest BCUT2D eigenvalue weighted by Gasteiger charge is 2.38. The minimum atomic E-state index is -3.57. The largest absolute Gasteiger partial charge is 0.364 e. The van der Waals surface area contributed by atoms with E-state index in [-0.39, 0.29) is 11.1 Å². The van der Waals surface area contributed by atoms with E-state index in [1.807, 2.05) is 0 Å². The standard InChI is InChI=1S/C8H7F2NO.C8H9F2N/c9-8(10,7(11)12)6-4-2-1-3-5-6;9-8(10,6-11)7-4-2-1-3-5-7/h1-5H,(H2,11,12);1-5H,6,11H2. The van der Waals surface area contributed by atoms with Crippen LogP contribution >= 0.6 is 0 Å². The molecule has 0 aliphatic heterocycles. The zero-order valence-corrected chi connectivity index (χ0v) is 12.1. The molecule has 2 rings (SSSR count). The van der Waals surface area contributed by atoms with Gasteiger partial charge in [0.05, 0.1) is 6.54 Å². The molecule has 0 aliphatic carbocycles. The van der Waals surface area contributed by atoms with Crippen LogP contribution in [0.25, 0.3) is 0 Å². The third-order valence-electron chi connectivity index (χ3n) is 2.90. The minimum absolute atomic E-state index is 0.0255. The molecular weight excluding hydrogens is 312 g/mol. The van der Waals surface area contributed by atoms with Crippen molar-refractivity contribution in [3.63, 3.8) is 0 Å². The predicted molar refractivity (Wildman–Crippen MR) is 78.9 cm³/mol. The summed E-state index contributed by atoms with van der Waals surface area (Å²) in [6.45, 7) is -0.642. The average Bonchev–Trinajstić information content (AvgIpc) is 2.57. The zero-order valence-electron chi connectivity index (χ0n) is 12.1. The van der Waals surface area contributed by atoms with Gasteiger partial charge in [0.25, 0.3) is 11.8 Å². The number of benzene rings is 2. The molecule has 2 aromatic rings. The summed E-state index contributed by atoms with van der Waals surface area (Å²) in [4.78, 5) is 10.3. The summed E-state index contributed by atoms with van der Waals surface area (Å²) < 4.78 is 51.1. The number of halogens is 4. The molecule has 3 nitrogen and oxygen atoms in total. The van der Waals surface area contributed by atoms with Gasteiger partial charge >= 0.3 is 5.92 Å². The molecule has 23 heavy (non-hydrogen) atoms. The van der Waals surface area contributed by atoms with E-state index >= 15 is 0 Å². The molecule has 0 atom stereocenters. The van der Waals surface area contributed by atoms with Crippen molar-refractivity contribution in [2.24, 2.45) is 11.5 Å². The fourth-order valence-electron chi connectivity index (χ4n) is 1.59. The minimum Gasteiger partial charge on any atom is -0.364 e. The normalized spacial score (nSPS) is 11.3. The van der Waals surface area contributed by atoms with Crippen molar-refractivity contribution in [3.8, 4) is 0 Å². The molecular formula is C16H16F4N2O. The van der Waals surface area contributed by atoms with Crippen molar-refractivity contribution in [1.29, 1.82) is 0 Å². The molecule has 4 N–H and O–H groups in total. The third-order valence-corrected chi connectivity index (χ3v) is 2.90. The van der Waals surface area contributed by atoms with E-state index in [0.717, 1.165) is 12.1 Å². The Kier molecular flexibility index (Phi) is 6.27. The molecule has 0 radical (unpaired) electrons. The third kappa shape index (κ3) is 5.07. The summed E-state index contributed by atoms with van der Waals surface area (Å²) in [5, 5.41) is 0. The van der Waals surface area contributed by atoms with Gasteiger partial charge in [0.15, 0.2) is 0 Å². The lowest BCUT2D eigenvalue weighted by molar-refractivity contribution is -0.143. The number of rotatable bonds is 4. The van der Waals surface area contributed by atoms with Crippen LogP contribution < -0.4 is 11.5 Å². The molecule has 0 aliphatic rings. The van der Waals surface area contributed by atoms with Gasteiger partial charge in [-0.1, -0.05) is 60.7 Å². The number of amides is 1. The number of primary amides is 1. The van der Waals surface area contributed by atoms with E-state index in [4.69, 9.17) is 5.73 Å². The number of nitrogens with two attached hydrogens (primary N) is 2. The van der Waals surface area contributed by atoms with Crippen LogP contribution in [-0.4, -0.2) is 12.5 Å². The number of carbonyl (C=O) groups excluding carboxylic acids is 1. The second kappa shape index (κ2) is 7.73. The first-order valence-electron chi connectivity index (χ1n) is 6.58. The smallest absolute Gasteiger partial charge is 0.349 e. The Balaban J connectivity index is 0.000000231. The highest BCUT2D eigenvalue weighted by Crippen LogP contribution is 2.26. The first-order valence-corrected chi connectivity index (χ1v) is 6.58. The molecule has 0 fully saturated rings. The van der Waals surface area contributed by atoms with Crippen LogP contribution in [0.4, 0.5) is 17.6 Å². The van der Waals surface area contributed by atoms with E-state index in [1.54, 1.807) is 24.3 Å². The van der Waals surface area contributed by atoms with E-state index in [2.05, 4.69) is 5.73 Å². The molecule has 0 saturated carbocycles. The van der Waals surface area contributed by atoms with Gasteiger partial charge in [-0.05, 0) is 0 Å². The molecule has 7 heteroatoms. The predicted octanol–water partition coefficient (Wildman–Crippen LogP) is 3.00. The maximum atomic E-state index is 12.8. The monoisotopic (exact) mass is 328 g/mol. The van der Waals surface area contributed by atoms with Crippen LogP contribution in [0.15, 0.2) is 60.7 Å². The van der Waals surface area contributed by atoms with E-state index in [9.17, 15) is 22.4 Å². The first-order chi connectivity index (χ1) is 10.7. The number of carbonyl (C=O) groups is 1. The van der Waals surface area contributed by atoms with Crippen LogP contribution in [0, 0.1) is 0 Å². The van der Waals surface area contributed by atoms with Crippen LogP contribution in [0.2, 0.25) is 0 Å². The van der Waals surface area contributed by atoms with Crippen molar-refractivity contribution in [1.82, 2.24) is 0 Å². The second-order valence-corrected chi connectivity index (χ2v) is 4.58. The first kappa shape index (κ1) is 18.6. The molecule has 0 bridgehead atoms. The van der Waals surface area contributed by atoms with Gasteiger partial charge in [0.1, 0.15) is 0 Å². The fraction of sp³-hybridized carbons (Fsp3) is 0.188. The second-order valence-electron chi connectivity index (χ2n) is 4.58.